The minimum absolute atomic E-state index is 0.451. The minimum Gasteiger partial charge on any atom is -0.264 e. The molecule has 9 nitrogen and oxygen atoms in total. The van der Waals surface area contributed by atoms with Crippen molar-refractivity contribution in [2.75, 3.05) is 0 Å². The van der Waals surface area contributed by atoms with Gasteiger partial charge in [0.25, 0.3) is 0 Å². The van der Waals surface area contributed by atoms with Crippen molar-refractivity contribution in [3.05, 3.63) is 139 Å². The van der Waals surface area contributed by atoms with Gasteiger partial charge in [0.2, 0.25) is 0 Å². The molecule has 232 valence electrons. The van der Waals surface area contributed by atoms with Gasteiger partial charge >= 0.3 is 0 Å². The first kappa shape index (κ1) is 28.5. The molecule has 0 amide bonds. The van der Waals surface area contributed by atoms with Gasteiger partial charge in [-0.25, -0.2) is 19.5 Å². The van der Waals surface area contributed by atoms with Crippen molar-refractivity contribution in [2.45, 2.75) is 12.8 Å². The number of hydrogen-bond donors (Lipinski definition) is 0. The maximum atomic E-state index is 5.01. The van der Waals surface area contributed by atoms with Crippen LogP contribution in [0.5, 0.6) is 0 Å². The smallest absolute Gasteiger partial charge is 0.182 e. The van der Waals surface area contributed by atoms with Crippen LogP contribution >= 0.6 is 0 Å². The summed E-state index contributed by atoms with van der Waals surface area (Å²) in [5.41, 5.74) is 8.86. The van der Waals surface area contributed by atoms with Crippen LogP contribution in [0.15, 0.2) is 128 Å². The molecule has 0 saturated heterocycles. The van der Waals surface area contributed by atoms with Gasteiger partial charge in [0.05, 0.1) is 16.6 Å². The first-order valence-electron chi connectivity index (χ1n) is 16.0. The third kappa shape index (κ3) is 5.53. The largest absolute Gasteiger partial charge is 0.264 e. The molecule has 1 aliphatic carbocycles. The molecule has 0 N–H and O–H groups in total. The number of pyridine rings is 5. The number of nitrogens with zero attached hydrogens (tertiary/aromatic N) is 9. The molecule has 7 aromatic heterocycles. The number of benzene rings is 1. The van der Waals surface area contributed by atoms with E-state index in [9.17, 15) is 0 Å². The Morgan fingerprint density at radius 3 is 1.71 bits per heavy atom. The van der Waals surface area contributed by atoms with Gasteiger partial charge in [-0.1, -0.05) is 60.7 Å². The van der Waals surface area contributed by atoms with Crippen molar-refractivity contribution in [2.24, 2.45) is 0 Å². The summed E-state index contributed by atoms with van der Waals surface area (Å²) in [6, 6.07) is 30.2. The Morgan fingerprint density at radius 2 is 1.08 bits per heavy atom. The average Bonchev–Trinajstić information content (AvgIpc) is 3.64. The molecule has 0 aliphatic heterocycles. The fourth-order valence-electron chi connectivity index (χ4n) is 6.08. The lowest BCUT2D eigenvalue weighted by Gasteiger charge is -2.09. The first-order chi connectivity index (χ1) is 24.2. The van der Waals surface area contributed by atoms with Crippen LogP contribution in [0.1, 0.15) is 12.8 Å². The average molecular weight is 634 g/mol. The van der Waals surface area contributed by atoms with Gasteiger partial charge in [-0.05, 0) is 60.5 Å². The van der Waals surface area contributed by atoms with E-state index in [0.29, 0.717) is 28.9 Å². The molecular weight excluding hydrogens is 607 g/mol. The molecule has 9 rings (SSSR count). The van der Waals surface area contributed by atoms with Gasteiger partial charge in [-0.15, -0.1) is 0 Å². The third-order valence-electron chi connectivity index (χ3n) is 8.59. The predicted octanol–water partition coefficient (Wildman–Crippen LogP) is 6.46. The Balaban J connectivity index is 1.14. The highest BCUT2D eigenvalue weighted by molar-refractivity contribution is 5.73. The van der Waals surface area contributed by atoms with Crippen LogP contribution in [-0.4, -0.2) is 44.5 Å². The van der Waals surface area contributed by atoms with Crippen molar-refractivity contribution < 1.29 is 0 Å². The SMILES string of the molecule is C1=c2ccc3cc(-c4cccc(-c5nc(-c6ccc(-c7cccnc7)cn6)nc(-c6ccc(-c7cccnc7)cn6)n5)c4)nn3c2=CCC1. The molecule has 0 radical (unpaired) electrons. The highest BCUT2D eigenvalue weighted by atomic mass is 15.2. The molecular formula is C40H27N9. The molecule has 1 aromatic carbocycles. The van der Waals surface area contributed by atoms with E-state index in [-0.39, 0.29) is 0 Å². The molecule has 0 atom stereocenters. The normalized spacial score (nSPS) is 12.2. The zero-order valence-corrected chi connectivity index (χ0v) is 26.2. The summed E-state index contributed by atoms with van der Waals surface area (Å²) in [6.45, 7) is 0. The van der Waals surface area contributed by atoms with Crippen LogP contribution in [0.2, 0.25) is 0 Å². The summed E-state index contributed by atoms with van der Waals surface area (Å²) in [4.78, 5) is 32.7. The third-order valence-corrected chi connectivity index (χ3v) is 8.59. The Bertz CT molecular complexity index is 2480. The van der Waals surface area contributed by atoms with Gasteiger partial charge in [-0.3, -0.25) is 19.9 Å². The molecule has 0 saturated carbocycles. The van der Waals surface area contributed by atoms with Crippen molar-refractivity contribution in [1.82, 2.24) is 44.5 Å². The van der Waals surface area contributed by atoms with E-state index in [1.807, 2.05) is 90.0 Å². The van der Waals surface area contributed by atoms with Crippen LogP contribution in [0.4, 0.5) is 0 Å². The molecule has 8 aromatic rings. The molecule has 49 heavy (non-hydrogen) atoms. The highest BCUT2D eigenvalue weighted by Gasteiger charge is 2.16. The van der Waals surface area contributed by atoms with Crippen LogP contribution in [0, 0.1) is 0 Å². The monoisotopic (exact) mass is 633 g/mol. The number of rotatable bonds is 6. The number of aromatic nitrogens is 9. The summed E-state index contributed by atoms with van der Waals surface area (Å²) < 4.78 is 2.04. The van der Waals surface area contributed by atoms with Crippen molar-refractivity contribution in [3.8, 4) is 67.9 Å². The summed E-state index contributed by atoms with van der Waals surface area (Å²) >= 11 is 0. The quantitative estimate of drug-likeness (QED) is 0.206. The molecule has 7 heterocycles. The standard InChI is InChI=1S/C40H27N9/c1-2-11-37-26(6-1)12-15-33-21-36(48-49(33)37)27-7-3-8-28(20-27)38-45-39(34-16-13-31(24-43-34)29-9-4-18-41-22-29)47-40(46-38)35-17-14-32(25-44-35)30-10-5-19-42-23-30/h3-25H,1-2H2. The second kappa shape index (κ2) is 12.1. The zero-order valence-electron chi connectivity index (χ0n) is 26.2. The Labute approximate surface area is 281 Å². The lowest BCUT2D eigenvalue weighted by Crippen LogP contribution is -2.33. The van der Waals surface area contributed by atoms with Gasteiger partial charge in [0.1, 0.15) is 11.4 Å². The van der Waals surface area contributed by atoms with E-state index < -0.39 is 0 Å². The fraction of sp³-hybridized carbons (Fsp3) is 0.0500. The number of fused-ring (bicyclic) bond motifs is 3. The maximum absolute atomic E-state index is 5.01. The van der Waals surface area contributed by atoms with Gasteiger partial charge in [0.15, 0.2) is 17.5 Å². The van der Waals surface area contributed by atoms with Crippen molar-refractivity contribution in [3.63, 3.8) is 0 Å². The zero-order chi connectivity index (χ0) is 32.6. The Kier molecular flexibility index (Phi) is 7.05. The van der Waals surface area contributed by atoms with Crippen molar-refractivity contribution >= 4 is 17.7 Å². The molecule has 0 fully saturated rings. The molecule has 0 spiro atoms. The van der Waals surface area contributed by atoms with E-state index in [1.54, 1.807) is 12.4 Å². The van der Waals surface area contributed by atoms with Crippen molar-refractivity contribution in [1.29, 1.82) is 0 Å². The van der Waals surface area contributed by atoms with Crippen LogP contribution in [-0.2, 0) is 0 Å². The highest BCUT2D eigenvalue weighted by Crippen LogP contribution is 2.29. The second-order valence-corrected chi connectivity index (χ2v) is 11.8. The van der Waals surface area contributed by atoms with Gasteiger partial charge in [0, 0.05) is 70.6 Å². The topological polar surface area (TPSA) is 108 Å². The Morgan fingerprint density at radius 1 is 0.469 bits per heavy atom. The fourth-order valence-corrected chi connectivity index (χ4v) is 6.08. The minimum atomic E-state index is 0.451. The van der Waals surface area contributed by atoms with Gasteiger partial charge < -0.3 is 0 Å². The lowest BCUT2D eigenvalue weighted by molar-refractivity contribution is 0.904. The molecule has 9 heteroatoms. The van der Waals surface area contributed by atoms with E-state index in [4.69, 9.17) is 30.0 Å². The summed E-state index contributed by atoms with van der Waals surface area (Å²) in [5.74, 6) is 1.42. The van der Waals surface area contributed by atoms with E-state index in [0.717, 1.165) is 62.8 Å². The van der Waals surface area contributed by atoms with E-state index >= 15 is 0 Å². The lowest BCUT2D eigenvalue weighted by atomic mass is 10.1. The second-order valence-electron chi connectivity index (χ2n) is 11.8. The van der Waals surface area contributed by atoms with Crippen LogP contribution in [0.3, 0.4) is 0 Å². The number of hydrogen-bond acceptors (Lipinski definition) is 8. The van der Waals surface area contributed by atoms with Gasteiger partial charge in [-0.2, -0.15) is 5.10 Å². The van der Waals surface area contributed by atoms with Crippen LogP contribution < -0.4 is 10.6 Å². The molecule has 1 aliphatic rings. The summed E-state index contributed by atoms with van der Waals surface area (Å²) in [5, 5.41) is 7.37. The maximum Gasteiger partial charge on any atom is 0.182 e. The Hall–Kier alpha value is -6.74. The molecule has 0 unspecified atom stereocenters. The van der Waals surface area contributed by atoms with E-state index in [1.165, 1.54) is 5.22 Å². The summed E-state index contributed by atoms with van der Waals surface area (Å²) in [7, 11) is 0. The summed E-state index contributed by atoms with van der Waals surface area (Å²) in [6.07, 6.45) is 17.4. The van der Waals surface area contributed by atoms with Crippen LogP contribution in [0.25, 0.3) is 85.6 Å². The predicted molar refractivity (Wildman–Crippen MR) is 190 cm³/mol. The van der Waals surface area contributed by atoms with E-state index in [2.05, 4.69) is 52.5 Å². The molecule has 0 bridgehead atoms. The first-order valence-corrected chi connectivity index (χ1v) is 16.0.